The number of Topliss-reactive ketones (excluding diaryl/α,β-unsaturated/α-hetero) is 1. The second kappa shape index (κ2) is 7.32. The van der Waals surface area contributed by atoms with Crippen LogP contribution < -0.4 is 0 Å². The number of fused-ring (bicyclic) bond motifs is 5. The maximum Gasteiger partial charge on any atom is 0.306 e. The standard InChI is InChI=1S/C25H33FO6/c1-5-21(31)32-25(20(30)13-27)14(2)10-18-17-7-6-15-11-16(28)8-9-22(15,3)24(17,26)19(29)12-23(18,25)4/h8-9,11,14,17-19,27,29H,5-7,10,12-13H2,1-4H3/t14-,17-,18-,19-,22-,23-,24-,25+/m0/s1. The van der Waals surface area contributed by atoms with E-state index in [-0.39, 0.29) is 24.5 Å². The highest BCUT2D eigenvalue weighted by Crippen LogP contribution is 2.71. The number of aliphatic hydroxyl groups excluding tert-OH is 2. The van der Waals surface area contributed by atoms with Gasteiger partial charge in [0.15, 0.2) is 17.1 Å². The predicted octanol–water partition coefficient (Wildman–Crippen LogP) is 2.86. The summed E-state index contributed by atoms with van der Waals surface area (Å²) < 4.78 is 23.0. The Bertz CT molecular complexity index is 925. The average Bonchev–Trinajstić information content (AvgIpc) is 2.96. The van der Waals surface area contributed by atoms with Crippen LogP contribution in [0.5, 0.6) is 0 Å². The highest BCUT2D eigenvalue weighted by molar-refractivity contribution is 6.01. The number of rotatable bonds is 4. The molecular formula is C25H33FO6. The quantitative estimate of drug-likeness (QED) is 0.642. The van der Waals surface area contributed by atoms with Gasteiger partial charge in [-0.3, -0.25) is 14.4 Å². The number of aliphatic hydroxyl groups is 2. The zero-order valence-corrected chi connectivity index (χ0v) is 19.2. The number of carbonyl (C=O) groups excluding carboxylic acids is 3. The van der Waals surface area contributed by atoms with Crippen molar-refractivity contribution in [1.29, 1.82) is 0 Å². The van der Waals surface area contributed by atoms with Crippen molar-refractivity contribution in [1.82, 2.24) is 0 Å². The number of carbonyl (C=O) groups is 3. The first-order valence-corrected chi connectivity index (χ1v) is 11.6. The van der Waals surface area contributed by atoms with E-state index in [9.17, 15) is 24.6 Å². The Morgan fingerprint density at radius 1 is 1.28 bits per heavy atom. The molecule has 0 radical (unpaired) electrons. The second-order valence-corrected chi connectivity index (χ2v) is 10.5. The Morgan fingerprint density at radius 3 is 2.59 bits per heavy atom. The second-order valence-electron chi connectivity index (χ2n) is 10.5. The van der Waals surface area contributed by atoms with Crippen LogP contribution in [0.2, 0.25) is 0 Å². The third-order valence-electron chi connectivity index (χ3n) is 9.30. The normalized spacial score (nSPS) is 47.2. The van der Waals surface area contributed by atoms with Gasteiger partial charge >= 0.3 is 5.97 Å². The number of hydrogen-bond acceptors (Lipinski definition) is 6. The van der Waals surface area contributed by atoms with Gasteiger partial charge in [-0.25, -0.2) is 4.39 Å². The van der Waals surface area contributed by atoms with Crippen LogP contribution in [-0.2, 0) is 19.1 Å². The van der Waals surface area contributed by atoms with Gasteiger partial charge < -0.3 is 14.9 Å². The maximum absolute atomic E-state index is 17.2. The number of ether oxygens (including phenoxy) is 1. The number of esters is 1. The van der Waals surface area contributed by atoms with Gasteiger partial charge in [-0.1, -0.05) is 32.4 Å². The van der Waals surface area contributed by atoms with E-state index < -0.39 is 58.4 Å². The Morgan fingerprint density at radius 2 is 1.97 bits per heavy atom. The van der Waals surface area contributed by atoms with Gasteiger partial charge in [0.25, 0.3) is 0 Å². The van der Waals surface area contributed by atoms with E-state index >= 15 is 4.39 Å². The smallest absolute Gasteiger partial charge is 0.306 e. The summed E-state index contributed by atoms with van der Waals surface area (Å²) in [7, 11) is 0. The van der Waals surface area contributed by atoms with E-state index in [0.717, 1.165) is 0 Å². The largest absolute Gasteiger partial charge is 0.450 e. The third kappa shape index (κ3) is 2.61. The minimum Gasteiger partial charge on any atom is -0.450 e. The molecule has 0 saturated heterocycles. The summed E-state index contributed by atoms with van der Waals surface area (Å²) in [6.45, 7) is 6.19. The van der Waals surface area contributed by atoms with Crippen LogP contribution in [0, 0.1) is 28.6 Å². The van der Waals surface area contributed by atoms with E-state index in [4.69, 9.17) is 4.74 Å². The van der Waals surface area contributed by atoms with Crippen molar-refractivity contribution in [3.63, 3.8) is 0 Å². The molecule has 0 aromatic rings. The minimum absolute atomic E-state index is 0.0675. The average molecular weight is 449 g/mol. The molecule has 8 atom stereocenters. The van der Waals surface area contributed by atoms with Crippen LogP contribution >= 0.6 is 0 Å². The highest BCUT2D eigenvalue weighted by Gasteiger charge is 2.77. The molecular weight excluding hydrogens is 415 g/mol. The molecule has 0 amide bonds. The molecule has 0 aromatic carbocycles. The summed E-state index contributed by atoms with van der Waals surface area (Å²) in [5.41, 5.74) is -5.10. The molecule has 0 bridgehead atoms. The fraction of sp³-hybridized carbons (Fsp3) is 0.720. The zero-order valence-electron chi connectivity index (χ0n) is 19.2. The minimum atomic E-state index is -2.02. The topological polar surface area (TPSA) is 101 Å². The lowest BCUT2D eigenvalue weighted by Gasteiger charge is -2.62. The van der Waals surface area contributed by atoms with Crippen molar-refractivity contribution in [3.8, 4) is 0 Å². The van der Waals surface area contributed by atoms with Crippen LogP contribution in [-0.4, -0.2) is 51.7 Å². The van der Waals surface area contributed by atoms with Gasteiger partial charge in [0.05, 0.1) is 6.10 Å². The molecule has 6 nitrogen and oxygen atoms in total. The van der Waals surface area contributed by atoms with E-state index in [0.29, 0.717) is 24.8 Å². The summed E-state index contributed by atoms with van der Waals surface area (Å²) in [4.78, 5) is 37.5. The van der Waals surface area contributed by atoms with Gasteiger partial charge in [-0.05, 0) is 50.7 Å². The number of ketones is 2. The monoisotopic (exact) mass is 448 g/mol. The van der Waals surface area contributed by atoms with Crippen molar-refractivity contribution < 1.29 is 33.7 Å². The fourth-order valence-electron chi connectivity index (χ4n) is 7.77. The summed E-state index contributed by atoms with van der Waals surface area (Å²) in [5, 5.41) is 21.2. The van der Waals surface area contributed by atoms with E-state index in [1.54, 1.807) is 33.8 Å². The van der Waals surface area contributed by atoms with Gasteiger partial charge in [0, 0.05) is 29.1 Å². The molecule has 0 aliphatic heterocycles. The van der Waals surface area contributed by atoms with Crippen molar-refractivity contribution in [2.45, 2.75) is 77.2 Å². The Balaban J connectivity index is 1.85. The van der Waals surface area contributed by atoms with Crippen LogP contribution in [0.25, 0.3) is 0 Å². The van der Waals surface area contributed by atoms with Crippen LogP contribution in [0.1, 0.15) is 59.8 Å². The van der Waals surface area contributed by atoms with Crippen molar-refractivity contribution >= 4 is 17.5 Å². The summed E-state index contributed by atoms with van der Waals surface area (Å²) in [5.74, 6) is -2.69. The third-order valence-corrected chi connectivity index (χ3v) is 9.30. The van der Waals surface area contributed by atoms with Crippen molar-refractivity contribution in [3.05, 3.63) is 23.8 Å². The molecule has 4 aliphatic rings. The molecule has 176 valence electrons. The molecule has 0 unspecified atom stereocenters. The molecule has 0 heterocycles. The van der Waals surface area contributed by atoms with Crippen LogP contribution in [0.15, 0.2) is 23.8 Å². The summed E-state index contributed by atoms with van der Waals surface area (Å²) >= 11 is 0. The first-order chi connectivity index (χ1) is 14.9. The SMILES string of the molecule is CCC(=O)O[C@@]1(C(=O)CO)[C@@H](C)C[C@H]2[C@@H]3CCC4=CC(=O)C=C[C@]4(C)[C@@]3(F)[C@@H](O)C[C@@]21C. The van der Waals surface area contributed by atoms with E-state index in [1.165, 1.54) is 12.2 Å². The predicted molar refractivity (Wildman–Crippen MR) is 114 cm³/mol. The highest BCUT2D eigenvalue weighted by atomic mass is 19.1. The number of halogens is 1. The maximum atomic E-state index is 17.2. The zero-order chi connectivity index (χ0) is 23.7. The van der Waals surface area contributed by atoms with E-state index in [2.05, 4.69) is 0 Å². The lowest BCUT2D eigenvalue weighted by molar-refractivity contribution is -0.228. The molecule has 3 fully saturated rings. The first-order valence-electron chi connectivity index (χ1n) is 11.6. The van der Waals surface area contributed by atoms with Crippen molar-refractivity contribution in [2.24, 2.45) is 28.6 Å². The molecule has 0 aromatic heterocycles. The van der Waals surface area contributed by atoms with Gasteiger partial charge in [0.1, 0.15) is 6.61 Å². The van der Waals surface area contributed by atoms with Gasteiger partial charge in [-0.2, -0.15) is 0 Å². The molecule has 7 heteroatoms. The number of alkyl halides is 1. The lowest BCUT2D eigenvalue weighted by Crippen LogP contribution is -2.70. The molecule has 2 N–H and O–H groups in total. The summed E-state index contributed by atoms with van der Waals surface area (Å²) in [6.07, 6.45) is 4.38. The molecule has 4 rings (SSSR count). The van der Waals surface area contributed by atoms with Crippen molar-refractivity contribution in [2.75, 3.05) is 6.61 Å². The molecule has 32 heavy (non-hydrogen) atoms. The van der Waals surface area contributed by atoms with E-state index in [1.807, 2.05) is 0 Å². The number of allylic oxidation sites excluding steroid dienone is 4. The lowest BCUT2D eigenvalue weighted by atomic mass is 9.44. The van der Waals surface area contributed by atoms with Gasteiger partial charge in [0.2, 0.25) is 5.78 Å². The van der Waals surface area contributed by atoms with Crippen LogP contribution in [0.4, 0.5) is 4.39 Å². The van der Waals surface area contributed by atoms with Crippen LogP contribution in [0.3, 0.4) is 0 Å². The fourth-order valence-corrected chi connectivity index (χ4v) is 7.77. The summed E-state index contributed by atoms with van der Waals surface area (Å²) in [6, 6.07) is 0. The molecule has 4 aliphatic carbocycles. The first kappa shape index (κ1) is 23.3. The molecule has 3 saturated carbocycles. The number of hydrogen-bond donors (Lipinski definition) is 2. The molecule has 0 spiro atoms. The Labute approximate surface area is 187 Å². The Hall–Kier alpha value is -1.86. The van der Waals surface area contributed by atoms with Gasteiger partial charge in [-0.15, -0.1) is 0 Å². The Kier molecular flexibility index (Phi) is 5.33.